The lowest BCUT2D eigenvalue weighted by Gasteiger charge is -2.32. The molecule has 0 amide bonds. The number of rotatable bonds is 6. The number of aromatic nitrogens is 2. The van der Waals surface area contributed by atoms with Crippen molar-refractivity contribution in [2.24, 2.45) is 28.7 Å². The number of halogens is 1. The van der Waals surface area contributed by atoms with E-state index in [1.807, 2.05) is 19.9 Å². The predicted octanol–water partition coefficient (Wildman–Crippen LogP) is 4.53. The number of hydrogen-bond donors (Lipinski definition) is 1. The van der Waals surface area contributed by atoms with Crippen LogP contribution in [0.25, 0.3) is 0 Å². The lowest BCUT2D eigenvalue weighted by atomic mass is 9.75. The van der Waals surface area contributed by atoms with Gasteiger partial charge in [0.15, 0.2) is 20.7 Å². The molecule has 34 heavy (non-hydrogen) atoms. The smallest absolute Gasteiger partial charge is 0.200 e. The maximum absolute atomic E-state index is 13.6. The molecular weight excluding hydrogens is 472 g/mol. The number of carbonyl (C=O) groups is 1. The van der Waals surface area contributed by atoms with Crippen LogP contribution in [0.2, 0.25) is 5.15 Å². The van der Waals surface area contributed by atoms with E-state index in [-0.39, 0.29) is 29.2 Å². The fourth-order valence-corrected chi connectivity index (χ4v) is 5.55. The summed E-state index contributed by atoms with van der Waals surface area (Å²) >= 11 is 6.46. The van der Waals surface area contributed by atoms with Crippen LogP contribution in [0.3, 0.4) is 0 Å². The number of Topliss-reactive ketones (excluding diaryl/α,β-unsaturated/α-hetero) is 1. The number of pyridine rings is 2. The van der Waals surface area contributed by atoms with E-state index >= 15 is 0 Å². The molecule has 2 aliphatic rings. The number of carbonyl (C=O) groups excluding carboxylic acids is 1. The molecule has 0 radical (unpaired) electrons. The van der Waals surface area contributed by atoms with Crippen LogP contribution < -0.4 is 5.32 Å². The Morgan fingerprint density at radius 3 is 2.62 bits per heavy atom. The van der Waals surface area contributed by atoms with E-state index in [0.29, 0.717) is 29.2 Å². The van der Waals surface area contributed by atoms with Gasteiger partial charge in [0.1, 0.15) is 5.15 Å². The van der Waals surface area contributed by atoms with Crippen molar-refractivity contribution in [1.82, 2.24) is 9.97 Å². The highest BCUT2D eigenvalue weighted by Gasteiger charge is 2.40. The summed E-state index contributed by atoms with van der Waals surface area (Å²) < 4.78 is 23.3. The highest BCUT2D eigenvalue weighted by Crippen LogP contribution is 2.44. The van der Waals surface area contributed by atoms with Crippen LogP contribution in [0.1, 0.15) is 50.4 Å². The van der Waals surface area contributed by atoms with Gasteiger partial charge < -0.3 is 5.32 Å². The zero-order valence-electron chi connectivity index (χ0n) is 20.0. The molecule has 3 atom stereocenters. The number of sulfone groups is 1. The predicted molar refractivity (Wildman–Crippen MR) is 134 cm³/mol. The van der Waals surface area contributed by atoms with Gasteiger partial charge >= 0.3 is 0 Å². The average molecular weight is 503 g/mol. The van der Waals surface area contributed by atoms with Gasteiger partial charge in [-0.2, -0.15) is 0 Å². The van der Waals surface area contributed by atoms with Gasteiger partial charge in [-0.25, -0.2) is 18.4 Å². The molecule has 0 spiro atoms. The Morgan fingerprint density at radius 2 is 2.03 bits per heavy atom. The van der Waals surface area contributed by atoms with Gasteiger partial charge in [0.2, 0.25) is 5.78 Å². The molecule has 1 saturated carbocycles. The largest absolute Gasteiger partial charge is 0.336 e. The highest BCUT2D eigenvalue weighted by atomic mass is 35.5. The van der Waals surface area contributed by atoms with Gasteiger partial charge in [0.25, 0.3) is 0 Å². The maximum atomic E-state index is 13.6. The van der Waals surface area contributed by atoms with Gasteiger partial charge in [-0.1, -0.05) is 38.4 Å². The summed E-state index contributed by atoms with van der Waals surface area (Å²) in [4.78, 5) is 26.9. The van der Waals surface area contributed by atoms with Gasteiger partial charge in [-0.05, 0) is 66.7 Å². The van der Waals surface area contributed by atoms with Gasteiger partial charge in [0, 0.05) is 18.4 Å². The minimum absolute atomic E-state index is 0.0126. The SMILES string of the molecule is CCc1cc2c(nc1Cl)CC(C(C)C1CC1)C(C)C(=O)C(=NCc1ccc(S(C)(=O)=O)nc1)N2. The van der Waals surface area contributed by atoms with Crippen LogP contribution in [0, 0.1) is 23.7 Å². The molecule has 3 unspecified atom stereocenters. The normalized spacial score (nSPS) is 23.1. The lowest BCUT2D eigenvalue weighted by molar-refractivity contribution is -0.118. The summed E-state index contributed by atoms with van der Waals surface area (Å²) in [5.41, 5.74) is 3.28. The molecule has 0 saturated heterocycles. The van der Waals surface area contributed by atoms with Crippen molar-refractivity contribution in [1.29, 1.82) is 0 Å². The van der Waals surface area contributed by atoms with E-state index in [2.05, 4.69) is 22.2 Å². The van der Waals surface area contributed by atoms with E-state index in [1.165, 1.54) is 25.1 Å². The monoisotopic (exact) mass is 502 g/mol. The van der Waals surface area contributed by atoms with E-state index < -0.39 is 9.84 Å². The molecule has 4 rings (SSSR count). The van der Waals surface area contributed by atoms with Crippen molar-refractivity contribution >= 4 is 38.7 Å². The number of amidine groups is 1. The summed E-state index contributed by atoms with van der Waals surface area (Å²) in [5, 5.41) is 3.78. The number of fused-ring (bicyclic) bond motifs is 1. The van der Waals surface area contributed by atoms with E-state index in [0.717, 1.165) is 35.2 Å². The summed E-state index contributed by atoms with van der Waals surface area (Å²) in [6.45, 7) is 6.45. The fourth-order valence-electron chi connectivity index (χ4n) is 4.70. The number of nitrogens with one attached hydrogen (secondary N) is 1. The van der Waals surface area contributed by atoms with Gasteiger partial charge in [-0.15, -0.1) is 0 Å². The van der Waals surface area contributed by atoms with Crippen molar-refractivity contribution in [2.75, 3.05) is 11.6 Å². The third-order valence-corrected chi connectivity index (χ3v) is 8.45. The first kappa shape index (κ1) is 24.8. The third kappa shape index (κ3) is 5.33. The van der Waals surface area contributed by atoms with Crippen LogP contribution >= 0.6 is 11.6 Å². The zero-order chi connectivity index (χ0) is 24.6. The second-order valence-electron chi connectivity index (χ2n) is 9.57. The number of anilines is 1. The highest BCUT2D eigenvalue weighted by molar-refractivity contribution is 7.90. The van der Waals surface area contributed by atoms with Crippen LogP contribution in [-0.4, -0.2) is 36.3 Å². The quantitative estimate of drug-likeness (QED) is 0.582. The van der Waals surface area contributed by atoms with Gasteiger partial charge in [-0.3, -0.25) is 9.79 Å². The summed E-state index contributed by atoms with van der Waals surface area (Å²) in [6.07, 6.45) is 6.46. The first-order chi connectivity index (χ1) is 16.1. The van der Waals surface area contributed by atoms with Crippen LogP contribution in [0.15, 0.2) is 34.4 Å². The molecule has 0 aromatic carbocycles. The molecule has 1 aliphatic heterocycles. The summed E-state index contributed by atoms with van der Waals surface area (Å²) in [7, 11) is -3.37. The van der Waals surface area contributed by atoms with Crippen molar-refractivity contribution in [3.8, 4) is 0 Å². The summed E-state index contributed by atoms with van der Waals surface area (Å²) in [6, 6.07) is 5.11. The Kier molecular flexibility index (Phi) is 7.10. The Hall–Kier alpha value is -2.32. The van der Waals surface area contributed by atoms with Crippen molar-refractivity contribution in [2.45, 2.75) is 58.0 Å². The molecule has 2 aromatic rings. The standard InChI is InChI=1S/C25H31ClN4O3S/c1-5-17-10-20-21(29-24(17)26)11-19(14(2)18-7-8-18)15(3)23(31)25(30-20)28-13-16-6-9-22(27-12-16)34(4,32)33/h6,9-10,12,14-15,18-19H,5,7-8,11,13H2,1-4H3,(H,28,30). The van der Waals surface area contributed by atoms with Crippen LogP contribution in [0.4, 0.5) is 5.69 Å². The maximum Gasteiger partial charge on any atom is 0.200 e. The zero-order valence-corrected chi connectivity index (χ0v) is 21.6. The molecule has 3 heterocycles. The van der Waals surface area contributed by atoms with Gasteiger partial charge in [0.05, 0.1) is 17.9 Å². The number of aryl methyl sites for hydroxylation is 1. The molecule has 2 aromatic heterocycles. The van der Waals surface area contributed by atoms with E-state index in [1.54, 1.807) is 6.07 Å². The minimum Gasteiger partial charge on any atom is -0.336 e. The minimum atomic E-state index is -3.37. The average Bonchev–Trinajstić information content (AvgIpc) is 3.64. The van der Waals surface area contributed by atoms with Crippen molar-refractivity contribution in [3.63, 3.8) is 0 Å². The van der Waals surface area contributed by atoms with E-state index in [9.17, 15) is 13.2 Å². The number of ketones is 1. The molecule has 0 bridgehead atoms. The molecule has 182 valence electrons. The molecule has 7 nitrogen and oxygen atoms in total. The molecular formula is C25H31ClN4O3S. The van der Waals surface area contributed by atoms with Crippen molar-refractivity contribution in [3.05, 3.63) is 46.4 Å². The first-order valence-corrected chi connectivity index (χ1v) is 14.0. The summed E-state index contributed by atoms with van der Waals surface area (Å²) in [5.74, 6) is 1.27. The Labute approximate surface area is 206 Å². The Bertz CT molecular complexity index is 1220. The number of nitrogens with zero attached hydrogens (tertiary/aromatic N) is 3. The Morgan fingerprint density at radius 1 is 1.29 bits per heavy atom. The second-order valence-corrected chi connectivity index (χ2v) is 11.9. The molecule has 1 fully saturated rings. The second kappa shape index (κ2) is 9.74. The Balaban J connectivity index is 1.69. The van der Waals surface area contributed by atoms with Crippen LogP contribution in [-0.2, 0) is 34.0 Å². The lowest BCUT2D eigenvalue weighted by Crippen LogP contribution is -2.39. The third-order valence-electron chi connectivity index (χ3n) is 7.12. The molecule has 1 N–H and O–H groups in total. The molecule has 9 heteroatoms. The molecule has 1 aliphatic carbocycles. The first-order valence-electron chi connectivity index (χ1n) is 11.8. The van der Waals surface area contributed by atoms with E-state index in [4.69, 9.17) is 16.6 Å². The topological polar surface area (TPSA) is 101 Å². The number of hydrogen-bond acceptors (Lipinski definition) is 6. The fraction of sp³-hybridized carbons (Fsp3) is 0.520. The van der Waals surface area contributed by atoms with Crippen LogP contribution in [0.5, 0.6) is 0 Å². The number of aliphatic imine (C=N–C) groups is 1. The van der Waals surface area contributed by atoms with Crippen molar-refractivity contribution < 1.29 is 13.2 Å².